The van der Waals surface area contributed by atoms with E-state index in [-0.39, 0.29) is 27.3 Å². The zero-order chi connectivity index (χ0) is 27.8. The van der Waals surface area contributed by atoms with E-state index in [4.69, 9.17) is 4.52 Å². The molecule has 3 aromatic carbocycles. The Hall–Kier alpha value is -4.49. The van der Waals surface area contributed by atoms with E-state index in [9.17, 15) is 16.8 Å². The van der Waals surface area contributed by atoms with Crippen LogP contribution >= 0.6 is 0 Å². The summed E-state index contributed by atoms with van der Waals surface area (Å²) in [6.07, 6.45) is 0. The number of aryl methyl sites for hydroxylation is 2. The molecule has 5 rings (SSSR count). The number of para-hydroxylation sites is 2. The van der Waals surface area contributed by atoms with E-state index in [2.05, 4.69) is 29.9 Å². The van der Waals surface area contributed by atoms with Gasteiger partial charge in [0.05, 0.1) is 26.5 Å². The second-order valence-electron chi connectivity index (χ2n) is 8.81. The van der Waals surface area contributed by atoms with Gasteiger partial charge in [-0.25, -0.2) is 31.5 Å². The van der Waals surface area contributed by atoms with Crippen molar-refractivity contribution in [3.05, 3.63) is 89.6 Å². The van der Waals surface area contributed by atoms with Crippen molar-refractivity contribution in [1.29, 1.82) is 0 Å². The zero-order valence-electron chi connectivity index (χ0n) is 21.1. The van der Waals surface area contributed by atoms with Gasteiger partial charge in [0.2, 0.25) is 5.88 Å². The average Bonchev–Trinajstić information content (AvgIpc) is 3.21. The highest BCUT2D eigenvalue weighted by molar-refractivity contribution is 7.93. The Morgan fingerprint density at radius 1 is 0.667 bits per heavy atom. The topological polar surface area (TPSA) is 156 Å². The first-order valence-corrected chi connectivity index (χ1v) is 14.7. The number of anilines is 4. The number of nitrogens with zero attached hydrogens (tertiary/aromatic N) is 3. The summed E-state index contributed by atoms with van der Waals surface area (Å²) in [5, 5.41) is 6.80. The fourth-order valence-electron chi connectivity index (χ4n) is 3.61. The van der Waals surface area contributed by atoms with E-state index in [1.165, 1.54) is 36.4 Å². The molecule has 2 heterocycles. The highest BCUT2D eigenvalue weighted by Gasteiger charge is 2.21. The van der Waals surface area contributed by atoms with Crippen molar-refractivity contribution in [2.24, 2.45) is 0 Å². The van der Waals surface area contributed by atoms with Crippen molar-refractivity contribution in [3.63, 3.8) is 0 Å². The highest BCUT2D eigenvalue weighted by atomic mass is 32.2. The molecule has 0 spiro atoms. The van der Waals surface area contributed by atoms with E-state index < -0.39 is 20.0 Å². The maximum atomic E-state index is 13.1. The quantitative estimate of drug-likeness (QED) is 0.239. The fourth-order valence-corrected chi connectivity index (χ4v) is 5.66. The summed E-state index contributed by atoms with van der Waals surface area (Å²) in [5.74, 6) is 0.182. The van der Waals surface area contributed by atoms with Crippen LogP contribution in [0.3, 0.4) is 0 Å². The summed E-state index contributed by atoms with van der Waals surface area (Å²) < 4.78 is 61.8. The van der Waals surface area contributed by atoms with E-state index in [0.717, 1.165) is 5.56 Å². The SMILES string of the molecule is Cc1ccc(S(=O)(=O)Nc2nc3ccccc3nc2Nc2ccc(S(=O)(=O)Nc3onc(C)c3C)cc2)cc1. The Morgan fingerprint density at radius 3 is 1.77 bits per heavy atom. The molecular formula is C26H24N6O5S2. The molecule has 39 heavy (non-hydrogen) atoms. The van der Waals surface area contributed by atoms with Gasteiger partial charge in [-0.1, -0.05) is 35.0 Å². The summed E-state index contributed by atoms with van der Waals surface area (Å²) in [7, 11) is -7.90. The van der Waals surface area contributed by atoms with Crippen molar-refractivity contribution in [3.8, 4) is 0 Å². The third kappa shape index (κ3) is 5.54. The van der Waals surface area contributed by atoms with Gasteiger partial charge >= 0.3 is 0 Å². The number of hydrogen-bond donors (Lipinski definition) is 3. The van der Waals surface area contributed by atoms with E-state index in [1.54, 1.807) is 50.2 Å². The van der Waals surface area contributed by atoms with E-state index >= 15 is 0 Å². The molecule has 0 aliphatic heterocycles. The standard InChI is InChI=1S/C26H24N6O5S2/c1-16-8-12-20(13-9-16)38(33,34)31-25-24(28-22-6-4-5-7-23(22)29-25)27-19-10-14-21(15-11-19)39(35,36)32-26-17(2)18(3)30-37-26/h4-15,32H,1-3H3,(H,27,28)(H,29,31). The number of benzene rings is 3. The first kappa shape index (κ1) is 26.1. The molecule has 2 aromatic heterocycles. The van der Waals surface area contributed by atoms with Crippen LogP contribution in [0.15, 0.2) is 87.1 Å². The molecule has 0 atom stereocenters. The number of hydrogen-bond acceptors (Lipinski definition) is 9. The molecule has 0 radical (unpaired) electrons. The average molecular weight is 565 g/mol. The van der Waals surface area contributed by atoms with Crippen molar-refractivity contribution in [2.45, 2.75) is 30.6 Å². The van der Waals surface area contributed by atoms with Crippen LogP contribution in [0.2, 0.25) is 0 Å². The predicted molar refractivity (Wildman–Crippen MR) is 148 cm³/mol. The Balaban J connectivity index is 1.45. The summed E-state index contributed by atoms with van der Waals surface area (Å²) in [6.45, 7) is 5.28. The lowest BCUT2D eigenvalue weighted by molar-refractivity contribution is 0.430. The summed E-state index contributed by atoms with van der Waals surface area (Å²) in [5.41, 5.74) is 3.59. The zero-order valence-corrected chi connectivity index (χ0v) is 22.8. The lowest BCUT2D eigenvalue weighted by Crippen LogP contribution is -2.16. The molecule has 11 nitrogen and oxygen atoms in total. The maximum Gasteiger partial charge on any atom is 0.264 e. The van der Waals surface area contributed by atoms with Crippen LogP contribution in [0.5, 0.6) is 0 Å². The molecule has 0 aliphatic rings. The van der Waals surface area contributed by atoms with Crippen molar-refractivity contribution in [1.82, 2.24) is 15.1 Å². The number of rotatable bonds is 8. The second-order valence-corrected chi connectivity index (χ2v) is 12.2. The molecule has 200 valence electrons. The summed E-state index contributed by atoms with van der Waals surface area (Å²) in [4.78, 5) is 9.10. The molecule has 13 heteroatoms. The minimum Gasteiger partial charge on any atom is -0.337 e. The van der Waals surface area contributed by atoms with Crippen molar-refractivity contribution >= 4 is 54.3 Å². The normalized spacial score (nSPS) is 11.9. The molecule has 3 N–H and O–H groups in total. The second kappa shape index (κ2) is 10.0. The molecule has 5 aromatic rings. The van der Waals surface area contributed by atoms with Gasteiger partial charge in [0, 0.05) is 11.3 Å². The molecular weight excluding hydrogens is 540 g/mol. The van der Waals surface area contributed by atoms with Gasteiger partial charge in [-0.3, -0.25) is 4.72 Å². The molecule has 0 bridgehead atoms. The number of nitrogens with one attached hydrogen (secondary N) is 3. The Labute approximate surface area is 225 Å². The van der Waals surface area contributed by atoms with Crippen LogP contribution in [0.25, 0.3) is 11.0 Å². The van der Waals surface area contributed by atoms with Gasteiger partial charge in [0.25, 0.3) is 20.0 Å². The Kier molecular flexibility index (Phi) is 6.70. The van der Waals surface area contributed by atoms with Crippen LogP contribution < -0.4 is 14.8 Å². The van der Waals surface area contributed by atoms with Gasteiger partial charge in [0.1, 0.15) is 0 Å². The van der Waals surface area contributed by atoms with Crippen LogP contribution in [-0.4, -0.2) is 32.0 Å². The molecule has 0 fully saturated rings. The van der Waals surface area contributed by atoms with Crippen LogP contribution in [0.4, 0.5) is 23.2 Å². The van der Waals surface area contributed by atoms with Gasteiger partial charge in [-0.05, 0) is 69.3 Å². The van der Waals surface area contributed by atoms with Crippen LogP contribution in [-0.2, 0) is 20.0 Å². The van der Waals surface area contributed by atoms with E-state index in [1.807, 2.05) is 6.92 Å². The van der Waals surface area contributed by atoms with Gasteiger partial charge in [-0.2, -0.15) is 0 Å². The smallest absolute Gasteiger partial charge is 0.264 e. The third-order valence-corrected chi connectivity index (χ3v) is 8.65. The number of fused-ring (bicyclic) bond motifs is 1. The first-order valence-electron chi connectivity index (χ1n) is 11.7. The largest absolute Gasteiger partial charge is 0.337 e. The Morgan fingerprint density at radius 2 is 1.21 bits per heavy atom. The summed E-state index contributed by atoms with van der Waals surface area (Å²) >= 11 is 0. The van der Waals surface area contributed by atoms with Crippen molar-refractivity contribution < 1.29 is 21.4 Å². The van der Waals surface area contributed by atoms with Crippen LogP contribution in [0.1, 0.15) is 16.8 Å². The lowest BCUT2D eigenvalue weighted by atomic mass is 10.2. The van der Waals surface area contributed by atoms with Gasteiger partial charge < -0.3 is 9.84 Å². The predicted octanol–water partition coefficient (Wildman–Crippen LogP) is 4.89. The van der Waals surface area contributed by atoms with Crippen molar-refractivity contribution in [2.75, 3.05) is 14.8 Å². The summed E-state index contributed by atoms with van der Waals surface area (Å²) in [6, 6.07) is 19.3. The maximum absolute atomic E-state index is 13.1. The fraction of sp³-hybridized carbons (Fsp3) is 0.115. The lowest BCUT2D eigenvalue weighted by Gasteiger charge is -2.14. The van der Waals surface area contributed by atoms with Crippen LogP contribution in [0, 0.1) is 20.8 Å². The minimum atomic E-state index is -3.97. The minimum absolute atomic E-state index is 0.00797. The first-order chi connectivity index (χ1) is 18.5. The highest BCUT2D eigenvalue weighted by Crippen LogP contribution is 2.28. The molecule has 0 aliphatic carbocycles. The van der Waals surface area contributed by atoms with E-state index in [0.29, 0.717) is 28.0 Å². The number of sulfonamides is 2. The third-order valence-electron chi connectivity index (χ3n) is 5.94. The molecule has 0 saturated carbocycles. The molecule has 0 amide bonds. The molecule has 0 saturated heterocycles. The monoisotopic (exact) mass is 564 g/mol. The van der Waals surface area contributed by atoms with Gasteiger partial charge in [-0.15, -0.1) is 0 Å². The molecule has 0 unspecified atom stereocenters. The van der Waals surface area contributed by atoms with Gasteiger partial charge in [0.15, 0.2) is 11.6 Å². The Bertz CT molecular complexity index is 1890. The number of aromatic nitrogens is 3.